The van der Waals surface area contributed by atoms with E-state index in [4.69, 9.17) is 4.74 Å². The second-order valence-corrected chi connectivity index (χ2v) is 4.65. The highest BCUT2D eigenvalue weighted by molar-refractivity contribution is 7.98. The van der Waals surface area contributed by atoms with E-state index in [1.54, 1.807) is 23.9 Å². The molecule has 4 nitrogen and oxygen atoms in total. The van der Waals surface area contributed by atoms with E-state index in [9.17, 15) is 4.79 Å². The van der Waals surface area contributed by atoms with Crippen LogP contribution in [0.25, 0.3) is 0 Å². The fourth-order valence-electron chi connectivity index (χ4n) is 1.51. The number of methoxy groups -OCH3 is 1. The first-order valence-corrected chi connectivity index (χ1v) is 6.91. The van der Waals surface area contributed by atoms with E-state index >= 15 is 0 Å². The maximum atomic E-state index is 12.0. The van der Waals surface area contributed by atoms with Crippen LogP contribution in [0, 0.1) is 0 Å². The van der Waals surface area contributed by atoms with Crippen molar-refractivity contribution in [3.8, 4) is 5.88 Å². The van der Waals surface area contributed by atoms with Gasteiger partial charge in [-0.25, -0.2) is 4.98 Å². The van der Waals surface area contributed by atoms with Crippen molar-refractivity contribution in [2.75, 3.05) is 18.7 Å². The lowest BCUT2D eigenvalue weighted by Crippen LogP contribution is -2.12. The Kier molecular flexibility index (Phi) is 4.41. The average Bonchev–Trinajstić information content (AvgIpc) is 2.48. The van der Waals surface area contributed by atoms with Crippen molar-refractivity contribution < 1.29 is 9.53 Å². The van der Waals surface area contributed by atoms with Gasteiger partial charge in [0.1, 0.15) is 0 Å². The van der Waals surface area contributed by atoms with Crippen LogP contribution in [0.5, 0.6) is 5.88 Å². The molecular weight excluding hydrogens is 260 g/mol. The van der Waals surface area contributed by atoms with E-state index in [0.717, 1.165) is 10.6 Å². The van der Waals surface area contributed by atoms with Crippen molar-refractivity contribution in [1.29, 1.82) is 0 Å². The minimum absolute atomic E-state index is 0.188. The van der Waals surface area contributed by atoms with Crippen LogP contribution in [0.4, 0.5) is 5.69 Å². The standard InChI is InChI=1S/C14H14N2O2S/c1-18-13-8-3-10(9-15-13)14(17)16-11-4-6-12(19-2)7-5-11/h3-9H,1-2H3,(H,16,17). The highest BCUT2D eigenvalue weighted by atomic mass is 32.2. The Balaban J connectivity index is 2.06. The monoisotopic (exact) mass is 274 g/mol. The van der Waals surface area contributed by atoms with Crippen molar-refractivity contribution in [2.45, 2.75) is 4.90 Å². The molecular formula is C14H14N2O2S. The molecule has 1 aromatic heterocycles. The van der Waals surface area contributed by atoms with Gasteiger partial charge in [0, 0.05) is 22.8 Å². The molecule has 0 aliphatic rings. The van der Waals surface area contributed by atoms with Gasteiger partial charge in [-0.1, -0.05) is 0 Å². The van der Waals surface area contributed by atoms with Gasteiger partial charge in [-0.15, -0.1) is 11.8 Å². The van der Waals surface area contributed by atoms with E-state index in [1.165, 1.54) is 13.3 Å². The number of nitrogens with zero attached hydrogens (tertiary/aromatic N) is 1. The Morgan fingerprint density at radius 3 is 2.47 bits per heavy atom. The fourth-order valence-corrected chi connectivity index (χ4v) is 1.92. The number of hydrogen-bond acceptors (Lipinski definition) is 4. The van der Waals surface area contributed by atoms with E-state index in [0.29, 0.717) is 11.4 Å². The number of thioether (sulfide) groups is 1. The molecule has 19 heavy (non-hydrogen) atoms. The zero-order valence-electron chi connectivity index (χ0n) is 10.7. The second kappa shape index (κ2) is 6.24. The third-order valence-electron chi connectivity index (χ3n) is 2.56. The summed E-state index contributed by atoms with van der Waals surface area (Å²) in [6.45, 7) is 0. The number of carbonyl (C=O) groups is 1. The summed E-state index contributed by atoms with van der Waals surface area (Å²) in [6, 6.07) is 11.0. The molecule has 0 radical (unpaired) electrons. The molecule has 0 unspecified atom stereocenters. The van der Waals surface area contributed by atoms with Gasteiger partial charge in [-0.05, 0) is 36.6 Å². The molecule has 1 amide bonds. The lowest BCUT2D eigenvalue weighted by Gasteiger charge is -2.06. The number of rotatable bonds is 4. The summed E-state index contributed by atoms with van der Waals surface area (Å²) in [5.41, 5.74) is 1.26. The van der Waals surface area contributed by atoms with Crippen molar-refractivity contribution in [3.63, 3.8) is 0 Å². The summed E-state index contributed by atoms with van der Waals surface area (Å²) in [4.78, 5) is 17.1. The summed E-state index contributed by atoms with van der Waals surface area (Å²) in [5, 5.41) is 2.82. The summed E-state index contributed by atoms with van der Waals surface area (Å²) >= 11 is 1.66. The van der Waals surface area contributed by atoms with Crippen molar-refractivity contribution in [1.82, 2.24) is 4.98 Å². The number of anilines is 1. The van der Waals surface area contributed by atoms with Gasteiger partial charge in [0.2, 0.25) is 5.88 Å². The van der Waals surface area contributed by atoms with Gasteiger partial charge in [0.05, 0.1) is 12.7 Å². The number of hydrogen-bond donors (Lipinski definition) is 1. The Hall–Kier alpha value is -2.01. The first kappa shape index (κ1) is 13.4. The molecule has 0 saturated carbocycles. The Bertz CT molecular complexity index is 553. The number of pyridine rings is 1. The normalized spacial score (nSPS) is 10.0. The molecule has 0 spiro atoms. The summed E-state index contributed by atoms with van der Waals surface area (Å²) < 4.78 is 4.95. The lowest BCUT2D eigenvalue weighted by molar-refractivity contribution is 0.102. The number of benzene rings is 1. The molecule has 2 rings (SSSR count). The van der Waals surface area contributed by atoms with Crippen LogP contribution >= 0.6 is 11.8 Å². The highest BCUT2D eigenvalue weighted by Gasteiger charge is 2.06. The topological polar surface area (TPSA) is 51.2 Å². The predicted octanol–water partition coefficient (Wildman–Crippen LogP) is 3.06. The smallest absolute Gasteiger partial charge is 0.257 e. The van der Waals surface area contributed by atoms with Crippen LogP contribution < -0.4 is 10.1 Å². The molecule has 0 bridgehead atoms. The Morgan fingerprint density at radius 1 is 1.21 bits per heavy atom. The molecule has 1 aromatic carbocycles. The van der Waals surface area contributed by atoms with Crippen LogP contribution in [0.3, 0.4) is 0 Å². The second-order valence-electron chi connectivity index (χ2n) is 3.77. The molecule has 1 N–H and O–H groups in total. The zero-order valence-corrected chi connectivity index (χ0v) is 11.5. The van der Waals surface area contributed by atoms with E-state index in [2.05, 4.69) is 10.3 Å². The van der Waals surface area contributed by atoms with Gasteiger partial charge < -0.3 is 10.1 Å². The van der Waals surface area contributed by atoms with Gasteiger partial charge >= 0.3 is 0 Å². The predicted molar refractivity (Wildman–Crippen MR) is 77.0 cm³/mol. The summed E-state index contributed by atoms with van der Waals surface area (Å²) in [7, 11) is 1.54. The zero-order chi connectivity index (χ0) is 13.7. The number of amides is 1. The molecule has 1 heterocycles. The minimum Gasteiger partial charge on any atom is -0.481 e. The number of aromatic nitrogens is 1. The highest BCUT2D eigenvalue weighted by Crippen LogP contribution is 2.18. The van der Waals surface area contributed by atoms with E-state index in [1.807, 2.05) is 30.5 Å². The van der Waals surface area contributed by atoms with Crippen molar-refractivity contribution >= 4 is 23.4 Å². The third kappa shape index (κ3) is 3.48. The molecule has 2 aromatic rings. The Morgan fingerprint density at radius 2 is 1.95 bits per heavy atom. The molecule has 5 heteroatoms. The lowest BCUT2D eigenvalue weighted by atomic mass is 10.2. The number of ether oxygens (including phenoxy) is 1. The van der Waals surface area contributed by atoms with Crippen LogP contribution in [0.1, 0.15) is 10.4 Å². The molecule has 0 saturated heterocycles. The summed E-state index contributed by atoms with van der Waals surface area (Å²) in [5.74, 6) is 0.299. The van der Waals surface area contributed by atoms with Gasteiger partial charge in [-0.2, -0.15) is 0 Å². The maximum Gasteiger partial charge on any atom is 0.257 e. The van der Waals surface area contributed by atoms with Gasteiger partial charge in [0.25, 0.3) is 5.91 Å². The van der Waals surface area contributed by atoms with Crippen LogP contribution in [-0.4, -0.2) is 24.3 Å². The third-order valence-corrected chi connectivity index (χ3v) is 3.30. The molecule has 98 valence electrons. The van der Waals surface area contributed by atoms with Gasteiger partial charge in [0.15, 0.2) is 0 Å². The molecule has 0 fully saturated rings. The van der Waals surface area contributed by atoms with Crippen LogP contribution in [0.2, 0.25) is 0 Å². The van der Waals surface area contributed by atoms with E-state index < -0.39 is 0 Å². The maximum absolute atomic E-state index is 12.0. The first-order chi connectivity index (χ1) is 9.22. The van der Waals surface area contributed by atoms with Crippen LogP contribution in [0.15, 0.2) is 47.5 Å². The number of carbonyl (C=O) groups excluding carboxylic acids is 1. The average molecular weight is 274 g/mol. The SMILES string of the molecule is COc1ccc(C(=O)Nc2ccc(SC)cc2)cn1. The first-order valence-electron chi connectivity index (χ1n) is 5.68. The molecule has 0 aliphatic heterocycles. The van der Waals surface area contributed by atoms with E-state index in [-0.39, 0.29) is 5.91 Å². The van der Waals surface area contributed by atoms with Crippen molar-refractivity contribution in [2.24, 2.45) is 0 Å². The molecule has 0 aliphatic carbocycles. The Labute approximate surface area is 116 Å². The van der Waals surface area contributed by atoms with Gasteiger partial charge in [-0.3, -0.25) is 4.79 Å². The largest absolute Gasteiger partial charge is 0.481 e. The molecule has 0 atom stereocenters. The summed E-state index contributed by atoms with van der Waals surface area (Å²) in [6.07, 6.45) is 3.50. The van der Waals surface area contributed by atoms with Crippen molar-refractivity contribution in [3.05, 3.63) is 48.2 Å². The minimum atomic E-state index is -0.188. The van der Waals surface area contributed by atoms with Crippen LogP contribution in [-0.2, 0) is 0 Å². The number of nitrogens with one attached hydrogen (secondary N) is 1. The quantitative estimate of drug-likeness (QED) is 0.871. The fraction of sp³-hybridized carbons (Fsp3) is 0.143.